The highest BCUT2D eigenvalue weighted by Crippen LogP contribution is 2.36. The fourth-order valence-corrected chi connectivity index (χ4v) is 4.25. The van der Waals surface area contributed by atoms with Gasteiger partial charge in [0.25, 0.3) is 5.91 Å². The van der Waals surface area contributed by atoms with Crippen LogP contribution in [0.15, 0.2) is 36.4 Å². The maximum Gasteiger partial charge on any atom is 0.436 e. The summed E-state index contributed by atoms with van der Waals surface area (Å²) in [6.07, 6.45) is -4.27. The molecule has 1 aromatic heterocycles. The standard InChI is InChI=1S/C22H18Cl4F3N3O2/c1-12-18(26)20(22(27,28)29)31-32(12)7-3-6-30-21(33)14-5-2-4-13(8-14)11-34-19-16(24)9-15(23)10-17(19)25/h2,4-5,8-10H,3,6-7,11H2,1H3,(H,30,33). The van der Waals surface area contributed by atoms with Gasteiger partial charge in [-0.05, 0) is 43.2 Å². The highest BCUT2D eigenvalue weighted by Gasteiger charge is 2.38. The quantitative estimate of drug-likeness (QED) is 0.299. The highest BCUT2D eigenvalue weighted by molar-refractivity contribution is 6.40. The summed E-state index contributed by atoms with van der Waals surface area (Å²) in [5.41, 5.74) is 0.202. The van der Waals surface area contributed by atoms with Crippen molar-refractivity contribution >= 4 is 52.3 Å². The third-order valence-electron chi connectivity index (χ3n) is 4.77. The van der Waals surface area contributed by atoms with E-state index in [2.05, 4.69) is 10.4 Å². The Labute approximate surface area is 213 Å². The Morgan fingerprint density at radius 1 is 1.12 bits per heavy atom. The smallest absolute Gasteiger partial charge is 0.436 e. The zero-order valence-corrected chi connectivity index (χ0v) is 20.7. The minimum Gasteiger partial charge on any atom is -0.486 e. The molecule has 0 aliphatic carbocycles. The molecule has 1 N–H and O–H groups in total. The fourth-order valence-electron chi connectivity index (χ4n) is 3.08. The maximum atomic E-state index is 12.9. The molecule has 0 atom stereocenters. The Bertz CT molecular complexity index is 1180. The first-order chi connectivity index (χ1) is 16.0. The number of carbonyl (C=O) groups excluding carboxylic acids is 1. The summed E-state index contributed by atoms with van der Waals surface area (Å²) < 4.78 is 45.6. The van der Waals surface area contributed by atoms with Crippen LogP contribution in [-0.4, -0.2) is 22.2 Å². The molecule has 2 aromatic carbocycles. The summed E-state index contributed by atoms with van der Waals surface area (Å²) in [5, 5.41) is 6.76. The number of hydrogen-bond donors (Lipinski definition) is 1. The largest absolute Gasteiger partial charge is 0.486 e. The van der Waals surface area contributed by atoms with Crippen LogP contribution in [-0.2, 0) is 19.3 Å². The van der Waals surface area contributed by atoms with Crippen molar-refractivity contribution in [2.75, 3.05) is 6.54 Å². The lowest BCUT2D eigenvalue weighted by Gasteiger charge is -2.11. The molecular formula is C22H18Cl4F3N3O2. The first-order valence-electron chi connectivity index (χ1n) is 9.92. The molecule has 34 heavy (non-hydrogen) atoms. The molecular weight excluding hydrogens is 537 g/mol. The minimum absolute atomic E-state index is 0.114. The van der Waals surface area contributed by atoms with E-state index >= 15 is 0 Å². The van der Waals surface area contributed by atoms with Gasteiger partial charge >= 0.3 is 6.18 Å². The van der Waals surface area contributed by atoms with E-state index in [1.165, 1.54) is 23.7 Å². The molecule has 1 amide bonds. The van der Waals surface area contributed by atoms with Crippen LogP contribution in [0.25, 0.3) is 0 Å². The molecule has 12 heteroatoms. The van der Waals surface area contributed by atoms with Gasteiger partial charge in [0, 0.05) is 23.7 Å². The molecule has 0 bridgehead atoms. The summed E-state index contributed by atoms with van der Waals surface area (Å²) in [6, 6.07) is 9.78. The van der Waals surface area contributed by atoms with Crippen LogP contribution in [0.2, 0.25) is 20.1 Å². The van der Waals surface area contributed by atoms with E-state index in [1.807, 2.05) is 0 Å². The Balaban J connectivity index is 1.54. The third-order valence-corrected chi connectivity index (χ3v) is 6.00. The number of rotatable bonds is 8. The lowest BCUT2D eigenvalue weighted by molar-refractivity contribution is -0.141. The van der Waals surface area contributed by atoms with E-state index < -0.39 is 16.9 Å². The van der Waals surface area contributed by atoms with Crippen LogP contribution in [0.5, 0.6) is 5.75 Å². The summed E-state index contributed by atoms with van der Waals surface area (Å²) in [7, 11) is 0. The van der Waals surface area contributed by atoms with Crippen LogP contribution in [0, 0.1) is 6.92 Å². The van der Waals surface area contributed by atoms with Gasteiger partial charge in [0.1, 0.15) is 6.61 Å². The maximum absolute atomic E-state index is 12.9. The van der Waals surface area contributed by atoms with Crippen molar-refractivity contribution in [3.05, 3.63) is 79.0 Å². The van der Waals surface area contributed by atoms with Gasteiger partial charge in [-0.3, -0.25) is 9.48 Å². The summed E-state index contributed by atoms with van der Waals surface area (Å²) in [5.74, 6) is -0.0547. The molecule has 3 aromatic rings. The number of aryl methyl sites for hydroxylation is 1. The first kappa shape index (κ1) is 26.5. The molecule has 1 heterocycles. The number of hydrogen-bond acceptors (Lipinski definition) is 3. The Hall–Kier alpha value is -2.13. The number of alkyl halides is 3. The van der Waals surface area contributed by atoms with E-state index in [-0.39, 0.29) is 47.1 Å². The zero-order chi connectivity index (χ0) is 25.0. The van der Waals surface area contributed by atoms with Crippen LogP contribution in [0.1, 0.15) is 33.7 Å². The molecule has 3 rings (SSSR count). The van der Waals surface area contributed by atoms with Crippen molar-refractivity contribution in [3.8, 4) is 5.75 Å². The van der Waals surface area contributed by atoms with Crippen molar-refractivity contribution in [2.45, 2.75) is 32.7 Å². The molecule has 0 aliphatic heterocycles. The number of nitrogens with zero attached hydrogens (tertiary/aromatic N) is 2. The van der Waals surface area contributed by atoms with Gasteiger partial charge in [0.2, 0.25) is 0 Å². The number of nitrogens with one attached hydrogen (secondary N) is 1. The average molecular weight is 555 g/mol. The second kappa shape index (κ2) is 11.1. The van der Waals surface area contributed by atoms with Crippen molar-refractivity contribution in [1.29, 1.82) is 0 Å². The Morgan fingerprint density at radius 3 is 2.41 bits per heavy atom. The van der Waals surface area contributed by atoms with E-state index in [9.17, 15) is 18.0 Å². The van der Waals surface area contributed by atoms with Gasteiger partial charge in [0.15, 0.2) is 11.4 Å². The number of ether oxygens (including phenoxy) is 1. The molecule has 182 valence electrons. The SMILES string of the molecule is Cc1c(Cl)c(C(F)(F)F)nn1CCCNC(=O)c1cccc(COc2c(Cl)cc(Cl)cc2Cl)c1. The Kier molecular flexibility index (Phi) is 8.62. The summed E-state index contributed by atoms with van der Waals surface area (Å²) >= 11 is 23.9. The van der Waals surface area contributed by atoms with Gasteiger partial charge in [-0.2, -0.15) is 18.3 Å². The van der Waals surface area contributed by atoms with Crippen molar-refractivity contribution in [3.63, 3.8) is 0 Å². The van der Waals surface area contributed by atoms with Gasteiger partial charge in [0.05, 0.1) is 20.8 Å². The molecule has 5 nitrogen and oxygen atoms in total. The third kappa shape index (κ3) is 6.50. The zero-order valence-electron chi connectivity index (χ0n) is 17.6. The van der Waals surface area contributed by atoms with Gasteiger partial charge in [-0.15, -0.1) is 0 Å². The highest BCUT2D eigenvalue weighted by atomic mass is 35.5. The summed E-state index contributed by atoms with van der Waals surface area (Å²) in [4.78, 5) is 12.5. The number of carbonyl (C=O) groups is 1. The monoisotopic (exact) mass is 553 g/mol. The predicted molar refractivity (Wildman–Crippen MR) is 126 cm³/mol. The van der Waals surface area contributed by atoms with Gasteiger partial charge in [-0.1, -0.05) is 58.5 Å². The van der Waals surface area contributed by atoms with Crippen molar-refractivity contribution in [1.82, 2.24) is 15.1 Å². The molecule has 0 fully saturated rings. The van der Waals surface area contributed by atoms with Crippen molar-refractivity contribution < 1.29 is 22.7 Å². The summed E-state index contributed by atoms with van der Waals surface area (Å²) in [6.45, 7) is 1.97. The Morgan fingerprint density at radius 2 is 1.79 bits per heavy atom. The van der Waals surface area contributed by atoms with E-state index in [1.54, 1.807) is 24.3 Å². The van der Waals surface area contributed by atoms with E-state index in [0.29, 0.717) is 22.6 Å². The van der Waals surface area contributed by atoms with E-state index in [0.717, 1.165) is 0 Å². The van der Waals surface area contributed by atoms with Crippen LogP contribution >= 0.6 is 46.4 Å². The van der Waals surface area contributed by atoms with Crippen LogP contribution < -0.4 is 10.1 Å². The average Bonchev–Trinajstić information content (AvgIpc) is 3.05. The lowest BCUT2D eigenvalue weighted by Crippen LogP contribution is -2.25. The normalized spacial score (nSPS) is 11.5. The number of aromatic nitrogens is 2. The van der Waals surface area contributed by atoms with Gasteiger partial charge in [-0.25, -0.2) is 0 Å². The topological polar surface area (TPSA) is 56.2 Å². The number of halogens is 7. The van der Waals surface area contributed by atoms with Crippen molar-refractivity contribution in [2.24, 2.45) is 0 Å². The second-order valence-electron chi connectivity index (χ2n) is 7.27. The van der Waals surface area contributed by atoms with E-state index in [4.69, 9.17) is 51.1 Å². The van der Waals surface area contributed by atoms with Gasteiger partial charge < -0.3 is 10.1 Å². The molecule has 0 radical (unpaired) electrons. The molecule has 0 saturated heterocycles. The molecule has 0 aliphatic rings. The van der Waals surface area contributed by atoms with Crippen LogP contribution in [0.3, 0.4) is 0 Å². The number of benzene rings is 2. The molecule has 0 unspecified atom stereocenters. The second-order valence-corrected chi connectivity index (χ2v) is 8.89. The molecule has 0 saturated carbocycles. The fraction of sp³-hybridized carbons (Fsp3) is 0.273. The predicted octanol–water partition coefficient (Wildman–Crippen LogP) is 7.22. The molecule has 0 spiro atoms. The number of amides is 1. The first-order valence-corrected chi connectivity index (χ1v) is 11.4. The minimum atomic E-state index is -4.62. The lowest BCUT2D eigenvalue weighted by atomic mass is 10.1. The van der Waals surface area contributed by atoms with Crippen LogP contribution in [0.4, 0.5) is 13.2 Å².